The first-order chi connectivity index (χ1) is 17.3. The van der Waals surface area contributed by atoms with Crippen molar-refractivity contribution in [2.75, 3.05) is 37.3 Å². The molecule has 2 aromatic heterocycles. The van der Waals surface area contributed by atoms with Gasteiger partial charge < -0.3 is 4.90 Å². The number of nitrogens with zero attached hydrogens (tertiary/aromatic N) is 7. The molecule has 0 spiro atoms. The van der Waals surface area contributed by atoms with E-state index in [9.17, 15) is 25.6 Å². The Hall–Kier alpha value is -2.78. The molecule has 3 aromatic rings. The van der Waals surface area contributed by atoms with E-state index in [1.807, 2.05) is 4.90 Å². The third kappa shape index (κ3) is 4.79. The van der Waals surface area contributed by atoms with E-state index >= 15 is 0 Å². The van der Waals surface area contributed by atoms with Crippen LogP contribution in [0.2, 0.25) is 0 Å². The molecule has 0 bridgehead atoms. The highest BCUT2D eigenvalue weighted by Crippen LogP contribution is 2.41. The molecule has 2 fully saturated rings. The van der Waals surface area contributed by atoms with Gasteiger partial charge in [-0.1, -0.05) is 11.3 Å². The number of sulfonamides is 2. The summed E-state index contributed by atoms with van der Waals surface area (Å²) in [7, 11) is -5.88. The topological polar surface area (TPSA) is 135 Å². The summed E-state index contributed by atoms with van der Waals surface area (Å²) < 4.78 is 82.3. The number of hydrogen-bond donors (Lipinski definition) is 1. The van der Waals surface area contributed by atoms with Gasteiger partial charge >= 0.3 is 0 Å². The summed E-state index contributed by atoms with van der Waals surface area (Å²) >= 11 is 0.664. The molecule has 1 aliphatic heterocycles. The van der Waals surface area contributed by atoms with Gasteiger partial charge in [0.05, 0.1) is 35.2 Å². The Balaban J connectivity index is 1.65. The van der Waals surface area contributed by atoms with Crippen LogP contribution in [0.25, 0.3) is 26.4 Å². The van der Waals surface area contributed by atoms with E-state index in [4.69, 9.17) is 6.57 Å². The molecule has 1 aromatic carbocycles. The van der Waals surface area contributed by atoms with Crippen molar-refractivity contribution in [2.45, 2.75) is 29.8 Å². The second-order valence-corrected chi connectivity index (χ2v) is 13.6. The Bertz CT molecular complexity index is 1630. The Kier molecular flexibility index (Phi) is 6.22. The predicted molar refractivity (Wildman–Crippen MR) is 132 cm³/mol. The third-order valence-corrected chi connectivity index (χ3v) is 10.1. The summed E-state index contributed by atoms with van der Waals surface area (Å²) in [5, 5.41) is 11.8. The Morgan fingerprint density at radius 1 is 1.14 bits per heavy atom. The third-order valence-electron chi connectivity index (χ3n) is 6.34. The van der Waals surface area contributed by atoms with Crippen molar-refractivity contribution in [3.05, 3.63) is 28.6 Å². The first-order valence-electron chi connectivity index (χ1n) is 11.1. The Labute approximate surface area is 215 Å². The van der Waals surface area contributed by atoms with E-state index in [2.05, 4.69) is 24.9 Å². The summed E-state index contributed by atoms with van der Waals surface area (Å²) in [4.78, 5) is 5.16. The molecule has 1 saturated heterocycles. The molecule has 0 radical (unpaired) electrons. The number of alkyl halides is 2. The minimum atomic E-state index is -4.14. The van der Waals surface area contributed by atoms with Crippen molar-refractivity contribution < 1.29 is 25.6 Å². The number of benzene rings is 1. The lowest BCUT2D eigenvalue weighted by Crippen LogP contribution is -2.48. The highest BCUT2D eigenvalue weighted by molar-refractivity contribution is 7.89. The fourth-order valence-corrected chi connectivity index (χ4v) is 7.20. The van der Waals surface area contributed by atoms with Crippen molar-refractivity contribution in [3.8, 4) is 10.7 Å². The van der Waals surface area contributed by atoms with Crippen molar-refractivity contribution in [2.24, 2.45) is 7.05 Å². The highest BCUT2D eigenvalue weighted by Gasteiger charge is 2.54. The quantitative estimate of drug-likeness (QED) is 0.424. The molecule has 0 atom stereocenters. The van der Waals surface area contributed by atoms with Gasteiger partial charge in [0, 0.05) is 38.6 Å². The second kappa shape index (κ2) is 8.91. The van der Waals surface area contributed by atoms with Crippen LogP contribution in [-0.2, 0) is 27.1 Å². The summed E-state index contributed by atoms with van der Waals surface area (Å²) in [5.74, 6) is 0. The zero-order valence-corrected chi connectivity index (χ0v) is 22.2. The van der Waals surface area contributed by atoms with Crippen molar-refractivity contribution in [1.29, 1.82) is 0 Å². The van der Waals surface area contributed by atoms with Gasteiger partial charge in [0.15, 0.2) is 10.0 Å². The second-order valence-electron chi connectivity index (χ2n) is 8.95. The average molecular weight is 573 g/mol. The van der Waals surface area contributed by atoms with Gasteiger partial charge in [-0.25, -0.2) is 32.2 Å². The summed E-state index contributed by atoms with van der Waals surface area (Å²) in [6.45, 7) is 8.34. The van der Waals surface area contributed by atoms with Crippen LogP contribution >= 0.6 is 11.3 Å². The van der Waals surface area contributed by atoms with Gasteiger partial charge in [-0.3, -0.25) is 9.53 Å². The fourth-order valence-electron chi connectivity index (χ4n) is 4.27. The van der Waals surface area contributed by atoms with Crippen LogP contribution in [0.1, 0.15) is 24.3 Å². The molecule has 3 heterocycles. The van der Waals surface area contributed by atoms with Crippen molar-refractivity contribution in [1.82, 2.24) is 29.0 Å². The Morgan fingerprint density at radius 3 is 2.35 bits per heavy atom. The molecular weight excluding hydrogens is 550 g/mol. The number of fused-ring (bicyclic) bond motifs is 1. The largest absolute Gasteiger partial charge is 0.367 e. The van der Waals surface area contributed by atoms with Gasteiger partial charge in [0.2, 0.25) is 20.0 Å². The van der Waals surface area contributed by atoms with Gasteiger partial charge in [-0.15, -0.1) is 14.9 Å². The molecule has 12 nitrogen and oxygen atoms in total. The number of aryl methyl sites for hydroxylation is 1. The number of nitrogens with one attached hydrogen (secondary N) is 1. The number of anilines is 1. The highest BCUT2D eigenvalue weighted by atomic mass is 32.2. The van der Waals surface area contributed by atoms with Crippen molar-refractivity contribution in [3.63, 3.8) is 0 Å². The summed E-state index contributed by atoms with van der Waals surface area (Å²) in [6, 6.07) is 2.86. The first kappa shape index (κ1) is 25.9. The van der Waals surface area contributed by atoms with Crippen LogP contribution in [0.5, 0.6) is 0 Å². The molecule has 5 rings (SSSR count). The van der Waals surface area contributed by atoms with Crippen LogP contribution in [0, 0.1) is 6.57 Å². The lowest BCUT2D eigenvalue weighted by Gasteiger charge is -2.35. The van der Waals surface area contributed by atoms with Gasteiger partial charge in [-0.2, -0.15) is 9.40 Å². The zero-order chi connectivity index (χ0) is 26.8. The number of aromatic nitrogens is 4. The monoisotopic (exact) mass is 572 g/mol. The maximum atomic E-state index is 13.3. The van der Waals surface area contributed by atoms with Gasteiger partial charge in [0.25, 0.3) is 12.1 Å². The molecular formula is C20H22F2N8O4S3. The zero-order valence-electron chi connectivity index (χ0n) is 19.7. The summed E-state index contributed by atoms with van der Waals surface area (Å²) in [5.41, 5.74) is 0.0415. The number of rotatable bonds is 7. The molecule has 1 aliphatic carbocycles. The lowest BCUT2D eigenvalue weighted by atomic mass is 10.1. The molecule has 0 amide bonds. The minimum Gasteiger partial charge on any atom is -0.367 e. The summed E-state index contributed by atoms with van der Waals surface area (Å²) in [6.07, 6.45) is -0.880. The van der Waals surface area contributed by atoms with Crippen LogP contribution < -0.4 is 9.62 Å². The molecule has 198 valence electrons. The SMILES string of the molecule is [C-]#[N+]C1(NS(=O)(=O)c2cc(N3CCN(S(C)(=O)=O)CC3)c3c(c2)c(-c2nnc(C(F)F)s2)nn3C)CC1. The van der Waals surface area contributed by atoms with E-state index in [-0.39, 0.29) is 28.7 Å². The van der Waals surface area contributed by atoms with E-state index in [0.29, 0.717) is 53.9 Å². The van der Waals surface area contributed by atoms with Gasteiger partial charge in [-0.05, 0) is 12.1 Å². The predicted octanol–water partition coefficient (Wildman–Crippen LogP) is 1.80. The van der Waals surface area contributed by atoms with E-state index in [1.54, 1.807) is 7.05 Å². The molecule has 2 aliphatic rings. The normalized spacial score (nSPS) is 18.4. The molecule has 17 heteroatoms. The standard InChI is InChI=1S/C20H22F2N8O4S3/c1-23-20(4-5-20)27-37(33,34)12-10-13-15(18-24-25-19(35-18)17(21)22)26-28(2)16(13)14(11-12)29-6-8-30(9-7-29)36(3,31)32/h10-11,17,27H,4-9H2,2-3H3. The van der Waals surface area contributed by atoms with E-state index < -0.39 is 37.1 Å². The number of piperazine rings is 1. The van der Waals surface area contributed by atoms with Crippen molar-refractivity contribution >= 4 is 48.0 Å². The first-order valence-corrected chi connectivity index (χ1v) is 15.2. The maximum absolute atomic E-state index is 13.3. The fraction of sp³-hybridized carbons (Fsp3) is 0.500. The molecule has 1 N–H and O–H groups in total. The van der Waals surface area contributed by atoms with Gasteiger partial charge in [0.1, 0.15) is 5.69 Å². The smallest absolute Gasteiger partial charge is 0.299 e. The van der Waals surface area contributed by atoms with E-state index in [1.165, 1.54) is 21.1 Å². The number of halogens is 2. The van der Waals surface area contributed by atoms with Crippen LogP contribution in [0.15, 0.2) is 17.0 Å². The Morgan fingerprint density at radius 2 is 1.81 bits per heavy atom. The number of hydrogen-bond acceptors (Lipinski definition) is 9. The molecule has 1 saturated carbocycles. The van der Waals surface area contributed by atoms with Crippen LogP contribution in [0.4, 0.5) is 14.5 Å². The molecule has 0 unspecified atom stereocenters. The molecule has 37 heavy (non-hydrogen) atoms. The minimum absolute atomic E-state index is 0.107. The van der Waals surface area contributed by atoms with Crippen LogP contribution in [-0.4, -0.2) is 79.2 Å². The lowest BCUT2D eigenvalue weighted by molar-refractivity contribution is 0.150. The van der Waals surface area contributed by atoms with E-state index in [0.717, 1.165) is 6.26 Å². The average Bonchev–Trinajstić information content (AvgIpc) is 3.27. The maximum Gasteiger partial charge on any atom is 0.299 e. The van der Waals surface area contributed by atoms with Crippen LogP contribution in [0.3, 0.4) is 0 Å².